The van der Waals surface area contributed by atoms with Crippen molar-refractivity contribution in [3.05, 3.63) is 16.4 Å². The van der Waals surface area contributed by atoms with Crippen LogP contribution in [0.3, 0.4) is 0 Å². The van der Waals surface area contributed by atoms with E-state index in [4.69, 9.17) is 17.3 Å². The van der Waals surface area contributed by atoms with Crippen LogP contribution in [-0.2, 0) is 13.0 Å². The first kappa shape index (κ1) is 16.8. The Kier molecular flexibility index (Phi) is 5.37. The van der Waals surface area contributed by atoms with Gasteiger partial charge in [0.25, 0.3) is 0 Å². The normalized spacial score (nSPS) is 26.5. The molecule has 0 saturated heterocycles. The van der Waals surface area contributed by atoms with Crippen LogP contribution in [-0.4, -0.2) is 16.3 Å². The van der Waals surface area contributed by atoms with Gasteiger partial charge >= 0.3 is 0 Å². The molecule has 0 bridgehead atoms. The minimum absolute atomic E-state index is 0.217. The molecule has 1 aromatic heterocycles. The molecule has 2 rings (SSSR count). The predicted molar refractivity (Wildman–Crippen MR) is 89.6 cm³/mol. The van der Waals surface area contributed by atoms with E-state index >= 15 is 0 Å². The monoisotopic (exact) mass is 311 g/mol. The van der Waals surface area contributed by atoms with Gasteiger partial charge in [-0.05, 0) is 69.7 Å². The molecule has 3 nitrogen and oxygen atoms in total. The maximum absolute atomic E-state index is 6.49. The molecule has 1 aliphatic rings. The van der Waals surface area contributed by atoms with E-state index in [0.717, 1.165) is 42.1 Å². The van der Waals surface area contributed by atoms with E-state index in [1.807, 2.05) is 6.92 Å². The Morgan fingerprint density at radius 1 is 1.38 bits per heavy atom. The van der Waals surface area contributed by atoms with E-state index in [0.29, 0.717) is 0 Å². The summed E-state index contributed by atoms with van der Waals surface area (Å²) in [5.74, 6) is 1.64. The molecule has 1 aromatic rings. The summed E-state index contributed by atoms with van der Waals surface area (Å²) in [6.45, 7) is 10.4. The lowest BCUT2D eigenvalue weighted by Crippen LogP contribution is -2.38. The predicted octanol–water partition coefficient (Wildman–Crippen LogP) is 4.20. The fourth-order valence-corrected chi connectivity index (χ4v) is 3.97. The van der Waals surface area contributed by atoms with Gasteiger partial charge in [0.05, 0.1) is 16.4 Å². The van der Waals surface area contributed by atoms with Gasteiger partial charge in [0.2, 0.25) is 0 Å². The molecular weight excluding hydrogens is 282 g/mol. The molecule has 0 unspecified atom stereocenters. The Labute approximate surface area is 134 Å². The molecule has 2 N–H and O–H groups in total. The van der Waals surface area contributed by atoms with Gasteiger partial charge in [-0.2, -0.15) is 5.10 Å². The van der Waals surface area contributed by atoms with Crippen LogP contribution in [0.4, 0.5) is 0 Å². The second-order valence-corrected chi connectivity index (χ2v) is 7.50. The summed E-state index contributed by atoms with van der Waals surface area (Å²) in [6.07, 6.45) is 6.01. The number of aromatic nitrogens is 2. The highest BCUT2D eigenvalue weighted by molar-refractivity contribution is 6.31. The summed E-state index contributed by atoms with van der Waals surface area (Å²) in [7, 11) is 0. The lowest BCUT2D eigenvalue weighted by molar-refractivity contribution is 0.130. The number of nitrogens with zero attached hydrogens (tertiary/aromatic N) is 2. The Morgan fingerprint density at radius 2 is 2.00 bits per heavy atom. The minimum Gasteiger partial charge on any atom is -0.330 e. The number of nitrogens with two attached hydrogens (primary N) is 1. The molecule has 0 radical (unpaired) electrons. The number of halogens is 1. The molecule has 120 valence electrons. The van der Waals surface area contributed by atoms with Crippen molar-refractivity contribution < 1.29 is 0 Å². The van der Waals surface area contributed by atoms with Gasteiger partial charge in [0.1, 0.15) is 0 Å². The van der Waals surface area contributed by atoms with Gasteiger partial charge in [-0.3, -0.25) is 4.68 Å². The highest BCUT2D eigenvalue weighted by Crippen LogP contribution is 2.44. The fraction of sp³-hybridized carbons (Fsp3) is 0.824. The molecule has 0 aliphatic heterocycles. The molecule has 1 heterocycles. The molecule has 21 heavy (non-hydrogen) atoms. The van der Waals surface area contributed by atoms with Gasteiger partial charge in [0, 0.05) is 6.54 Å². The fourth-order valence-electron chi connectivity index (χ4n) is 3.77. The average molecular weight is 312 g/mol. The molecule has 1 fully saturated rings. The summed E-state index contributed by atoms with van der Waals surface area (Å²) in [4.78, 5) is 0. The maximum Gasteiger partial charge on any atom is 0.0847 e. The molecule has 1 saturated carbocycles. The molecule has 0 atom stereocenters. The summed E-state index contributed by atoms with van der Waals surface area (Å²) in [6, 6.07) is 0. The van der Waals surface area contributed by atoms with E-state index in [1.54, 1.807) is 0 Å². The number of aryl methyl sites for hydroxylation is 2. The van der Waals surface area contributed by atoms with Crippen molar-refractivity contribution >= 4 is 11.6 Å². The number of rotatable bonds is 5. The third kappa shape index (κ3) is 3.45. The summed E-state index contributed by atoms with van der Waals surface area (Å²) in [5.41, 5.74) is 8.53. The SMILES string of the molecule is CCn1nc(C)c(Cl)c1CC1(CN)CCC(C(C)C)CC1. The van der Waals surface area contributed by atoms with Crippen LogP contribution < -0.4 is 5.73 Å². The van der Waals surface area contributed by atoms with Crippen molar-refractivity contribution in [3.63, 3.8) is 0 Å². The first-order valence-corrected chi connectivity index (χ1v) is 8.72. The van der Waals surface area contributed by atoms with Crippen LogP contribution in [0.15, 0.2) is 0 Å². The van der Waals surface area contributed by atoms with Gasteiger partial charge in [-0.1, -0.05) is 25.4 Å². The first-order valence-electron chi connectivity index (χ1n) is 8.34. The highest BCUT2D eigenvalue weighted by Gasteiger charge is 2.36. The molecule has 1 aliphatic carbocycles. The van der Waals surface area contributed by atoms with E-state index in [2.05, 4.69) is 30.6 Å². The van der Waals surface area contributed by atoms with Crippen molar-refractivity contribution in [2.75, 3.05) is 6.54 Å². The zero-order valence-electron chi connectivity index (χ0n) is 14.0. The second-order valence-electron chi connectivity index (χ2n) is 7.12. The quantitative estimate of drug-likeness (QED) is 0.885. The van der Waals surface area contributed by atoms with Crippen molar-refractivity contribution in [2.45, 2.75) is 66.3 Å². The lowest BCUT2D eigenvalue weighted by atomic mass is 9.66. The maximum atomic E-state index is 6.49. The topological polar surface area (TPSA) is 43.8 Å². The average Bonchev–Trinajstić information content (AvgIpc) is 2.75. The Balaban J connectivity index is 2.17. The third-order valence-electron chi connectivity index (χ3n) is 5.46. The summed E-state index contributed by atoms with van der Waals surface area (Å²) in [5, 5.41) is 5.39. The zero-order valence-corrected chi connectivity index (χ0v) is 14.7. The van der Waals surface area contributed by atoms with Crippen LogP contribution in [0.1, 0.15) is 57.8 Å². The molecule has 0 spiro atoms. The molecule has 0 amide bonds. The Hall–Kier alpha value is -0.540. The smallest absolute Gasteiger partial charge is 0.0847 e. The number of hydrogen-bond donors (Lipinski definition) is 1. The van der Waals surface area contributed by atoms with Crippen molar-refractivity contribution in [3.8, 4) is 0 Å². The number of hydrogen-bond acceptors (Lipinski definition) is 2. The van der Waals surface area contributed by atoms with Gasteiger partial charge in [0.15, 0.2) is 0 Å². The van der Waals surface area contributed by atoms with E-state index in [1.165, 1.54) is 31.4 Å². The Bertz CT molecular complexity index is 471. The third-order valence-corrected chi connectivity index (χ3v) is 5.95. The van der Waals surface area contributed by atoms with E-state index in [-0.39, 0.29) is 5.41 Å². The molecular formula is C17H30ClN3. The van der Waals surface area contributed by atoms with Crippen LogP contribution in [0.2, 0.25) is 5.02 Å². The molecule has 0 aromatic carbocycles. The second kappa shape index (κ2) is 6.70. The Morgan fingerprint density at radius 3 is 2.48 bits per heavy atom. The summed E-state index contributed by atoms with van der Waals surface area (Å²) >= 11 is 6.49. The van der Waals surface area contributed by atoms with Crippen molar-refractivity contribution in [2.24, 2.45) is 23.0 Å². The van der Waals surface area contributed by atoms with E-state index < -0.39 is 0 Å². The van der Waals surface area contributed by atoms with Crippen LogP contribution in [0.5, 0.6) is 0 Å². The lowest BCUT2D eigenvalue weighted by Gasteiger charge is -2.41. The van der Waals surface area contributed by atoms with Crippen LogP contribution in [0.25, 0.3) is 0 Å². The standard InChI is InChI=1S/C17H30ClN3/c1-5-21-15(16(18)13(4)20-21)10-17(11-19)8-6-14(7-9-17)12(2)3/h12,14H,5-11,19H2,1-4H3. The van der Waals surface area contributed by atoms with Crippen LogP contribution >= 0.6 is 11.6 Å². The zero-order chi connectivity index (χ0) is 15.6. The van der Waals surface area contributed by atoms with Crippen molar-refractivity contribution in [1.82, 2.24) is 9.78 Å². The largest absolute Gasteiger partial charge is 0.330 e. The van der Waals surface area contributed by atoms with Gasteiger partial charge in [-0.15, -0.1) is 0 Å². The van der Waals surface area contributed by atoms with E-state index in [9.17, 15) is 0 Å². The minimum atomic E-state index is 0.217. The highest BCUT2D eigenvalue weighted by atomic mass is 35.5. The van der Waals surface area contributed by atoms with Gasteiger partial charge in [-0.25, -0.2) is 0 Å². The van der Waals surface area contributed by atoms with Crippen molar-refractivity contribution in [1.29, 1.82) is 0 Å². The van der Waals surface area contributed by atoms with Crippen LogP contribution in [0, 0.1) is 24.2 Å². The first-order chi connectivity index (χ1) is 9.92. The summed E-state index contributed by atoms with van der Waals surface area (Å²) < 4.78 is 2.06. The van der Waals surface area contributed by atoms with Gasteiger partial charge < -0.3 is 5.73 Å². The molecule has 4 heteroatoms.